The molecule has 0 radical (unpaired) electrons. The van der Waals surface area contributed by atoms with Crippen molar-refractivity contribution in [2.24, 2.45) is 0 Å². The predicted octanol–water partition coefficient (Wildman–Crippen LogP) is 3.25. The Kier molecular flexibility index (Phi) is 6.68. The van der Waals surface area contributed by atoms with Crippen molar-refractivity contribution >= 4 is 48.9 Å². The summed E-state index contributed by atoms with van der Waals surface area (Å²) in [4.78, 5) is 10.9. The van der Waals surface area contributed by atoms with E-state index in [0.717, 1.165) is 0 Å². The summed E-state index contributed by atoms with van der Waals surface area (Å²) in [5, 5.41) is -1.38. The van der Waals surface area contributed by atoms with Gasteiger partial charge < -0.3 is 9.47 Å². The molecular formula is C11H10Cl3FO5S. The maximum absolute atomic E-state index is 13.6. The highest BCUT2D eigenvalue weighted by Gasteiger charge is 2.28. The van der Waals surface area contributed by atoms with Gasteiger partial charge in [0.1, 0.15) is 10.7 Å². The van der Waals surface area contributed by atoms with E-state index in [4.69, 9.17) is 43.4 Å². The predicted molar refractivity (Wildman–Crippen MR) is 76.2 cm³/mol. The molecule has 0 aromatic heterocycles. The van der Waals surface area contributed by atoms with Gasteiger partial charge in [0.05, 0.1) is 22.2 Å². The van der Waals surface area contributed by atoms with E-state index >= 15 is 0 Å². The molecule has 21 heavy (non-hydrogen) atoms. The van der Waals surface area contributed by atoms with E-state index in [0.29, 0.717) is 19.1 Å². The van der Waals surface area contributed by atoms with Crippen LogP contribution in [0.2, 0.25) is 10.0 Å². The van der Waals surface area contributed by atoms with E-state index in [9.17, 15) is 17.6 Å². The zero-order valence-corrected chi connectivity index (χ0v) is 13.7. The Balaban J connectivity index is 3.15. The third-order valence-corrected chi connectivity index (χ3v) is 4.65. The summed E-state index contributed by atoms with van der Waals surface area (Å²) in [5.41, 5.74) is -0.477. The first-order valence-electron chi connectivity index (χ1n) is 5.48. The van der Waals surface area contributed by atoms with Gasteiger partial charge in [-0.05, 0) is 6.07 Å². The quantitative estimate of drug-likeness (QED) is 0.328. The summed E-state index contributed by atoms with van der Waals surface area (Å²) < 4.78 is 45.9. The van der Waals surface area contributed by atoms with Gasteiger partial charge >= 0.3 is 5.97 Å². The summed E-state index contributed by atoms with van der Waals surface area (Å²) in [7, 11) is 2.18. The van der Waals surface area contributed by atoms with Gasteiger partial charge in [-0.2, -0.15) is 0 Å². The van der Waals surface area contributed by atoms with Crippen LogP contribution in [-0.4, -0.2) is 34.7 Å². The van der Waals surface area contributed by atoms with E-state index < -0.39 is 41.3 Å². The largest absolute Gasteiger partial charge is 0.462 e. The second kappa shape index (κ2) is 7.60. The average molecular weight is 380 g/mol. The molecule has 0 aliphatic heterocycles. The number of carbonyl (C=O) groups is 1. The van der Waals surface area contributed by atoms with Crippen LogP contribution in [0.25, 0.3) is 0 Å². The van der Waals surface area contributed by atoms with Gasteiger partial charge in [-0.3, -0.25) is 0 Å². The Morgan fingerprint density at radius 2 is 1.90 bits per heavy atom. The number of ether oxygens (including phenoxy) is 2. The van der Waals surface area contributed by atoms with Crippen molar-refractivity contribution in [3.8, 4) is 0 Å². The molecule has 0 bridgehead atoms. The number of hydrogen-bond acceptors (Lipinski definition) is 5. The molecule has 0 heterocycles. The molecule has 0 amide bonds. The average Bonchev–Trinajstić information content (AvgIpc) is 2.37. The van der Waals surface area contributed by atoms with Gasteiger partial charge in [-0.15, -0.1) is 0 Å². The Labute approximate surface area is 135 Å². The van der Waals surface area contributed by atoms with E-state index in [1.54, 1.807) is 0 Å². The van der Waals surface area contributed by atoms with Gasteiger partial charge in [0, 0.05) is 30.8 Å². The molecule has 118 valence electrons. The first-order chi connectivity index (χ1) is 9.70. The minimum absolute atomic E-state index is 0.00376. The molecule has 0 N–H and O–H groups in total. The van der Waals surface area contributed by atoms with Crippen LogP contribution in [0.4, 0.5) is 4.39 Å². The van der Waals surface area contributed by atoms with Gasteiger partial charge in [0.2, 0.25) is 0 Å². The smallest absolute Gasteiger partial charge is 0.339 e. The van der Waals surface area contributed by atoms with Gasteiger partial charge in [-0.1, -0.05) is 23.2 Å². The molecule has 0 aliphatic rings. The van der Waals surface area contributed by atoms with Crippen molar-refractivity contribution < 1.29 is 27.1 Å². The number of benzene rings is 1. The zero-order valence-electron chi connectivity index (χ0n) is 10.7. The summed E-state index contributed by atoms with van der Waals surface area (Å²) in [6.07, 6.45) is 0.413. The monoisotopic (exact) mass is 378 g/mol. The molecule has 0 aliphatic carbocycles. The lowest BCUT2D eigenvalue weighted by Crippen LogP contribution is -2.11. The first-order valence-corrected chi connectivity index (χ1v) is 8.55. The normalized spacial score (nSPS) is 11.5. The van der Waals surface area contributed by atoms with Crippen molar-refractivity contribution in [2.75, 3.05) is 20.3 Å². The summed E-state index contributed by atoms with van der Waals surface area (Å²) in [5.74, 6) is -2.14. The maximum Gasteiger partial charge on any atom is 0.339 e. The van der Waals surface area contributed by atoms with E-state index in [1.165, 1.54) is 7.11 Å². The number of carbonyl (C=O) groups excluding carboxylic acids is 1. The molecule has 0 saturated carbocycles. The van der Waals surface area contributed by atoms with Crippen LogP contribution in [-0.2, 0) is 18.5 Å². The van der Waals surface area contributed by atoms with Crippen molar-refractivity contribution in [2.45, 2.75) is 11.3 Å². The summed E-state index contributed by atoms with van der Waals surface area (Å²) in [6.45, 7) is 0.355. The lowest BCUT2D eigenvalue weighted by Gasteiger charge is -2.10. The minimum atomic E-state index is -4.43. The lowest BCUT2D eigenvalue weighted by atomic mass is 10.2. The second-order valence-electron chi connectivity index (χ2n) is 3.78. The third kappa shape index (κ3) is 4.69. The Hall–Kier alpha value is -0.600. The molecule has 1 rings (SSSR count). The minimum Gasteiger partial charge on any atom is -0.462 e. The molecular weight excluding hydrogens is 370 g/mol. The van der Waals surface area contributed by atoms with Crippen molar-refractivity contribution in [1.29, 1.82) is 0 Å². The fraction of sp³-hybridized carbons (Fsp3) is 0.364. The molecule has 10 heteroatoms. The van der Waals surface area contributed by atoms with Crippen LogP contribution in [0.3, 0.4) is 0 Å². The summed E-state index contributed by atoms with van der Waals surface area (Å²) in [6, 6.07) is 0.689. The van der Waals surface area contributed by atoms with Crippen LogP contribution in [0, 0.1) is 5.82 Å². The van der Waals surface area contributed by atoms with Crippen LogP contribution in [0.1, 0.15) is 16.8 Å². The molecule has 5 nitrogen and oxygen atoms in total. The highest BCUT2D eigenvalue weighted by atomic mass is 35.7. The second-order valence-corrected chi connectivity index (χ2v) is 7.04. The fourth-order valence-electron chi connectivity index (χ4n) is 1.39. The van der Waals surface area contributed by atoms with E-state index in [1.807, 2.05) is 0 Å². The highest BCUT2D eigenvalue weighted by molar-refractivity contribution is 8.14. The Morgan fingerprint density at radius 1 is 1.29 bits per heavy atom. The number of halogens is 4. The van der Waals surface area contributed by atoms with E-state index in [-0.39, 0.29) is 6.61 Å². The van der Waals surface area contributed by atoms with Gasteiger partial charge in [0.25, 0.3) is 9.05 Å². The topological polar surface area (TPSA) is 69.7 Å². The van der Waals surface area contributed by atoms with Crippen molar-refractivity contribution in [3.05, 3.63) is 27.5 Å². The van der Waals surface area contributed by atoms with Crippen molar-refractivity contribution in [3.63, 3.8) is 0 Å². The lowest BCUT2D eigenvalue weighted by molar-refractivity contribution is 0.0468. The number of hydrogen-bond donors (Lipinski definition) is 0. The standard InChI is InChI=1S/C11H10Cl3FO5S/c1-19-3-2-4-20-11(16)6-5-7(15)9(13)10(8(6)12)21(14,17)18/h5H,2-4H2,1H3. The SMILES string of the molecule is COCCCOC(=O)c1cc(F)c(Cl)c(S(=O)(=O)Cl)c1Cl. The zero-order chi connectivity index (χ0) is 16.2. The maximum atomic E-state index is 13.6. The van der Waals surface area contributed by atoms with Crippen molar-refractivity contribution in [1.82, 2.24) is 0 Å². The molecule has 0 fully saturated rings. The van der Waals surface area contributed by atoms with Crippen LogP contribution >= 0.6 is 33.9 Å². The summed E-state index contributed by atoms with van der Waals surface area (Å²) >= 11 is 11.3. The molecule has 0 atom stereocenters. The van der Waals surface area contributed by atoms with Gasteiger partial charge in [0.15, 0.2) is 0 Å². The number of esters is 1. The van der Waals surface area contributed by atoms with Gasteiger partial charge in [-0.25, -0.2) is 17.6 Å². The fourth-order valence-corrected chi connectivity index (χ4v) is 3.76. The molecule has 1 aromatic carbocycles. The van der Waals surface area contributed by atoms with Crippen LogP contribution in [0.5, 0.6) is 0 Å². The number of rotatable bonds is 6. The van der Waals surface area contributed by atoms with E-state index in [2.05, 4.69) is 0 Å². The molecule has 0 unspecified atom stereocenters. The van der Waals surface area contributed by atoms with Crippen LogP contribution < -0.4 is 0 Å². The molecule has 0 spiro atoms. The Bertz CT molecular complexity index is 648. The molecule has 1 aromatic rings. The highest BCUT2D eigenvalue weighted by Crippen LogP contribution is 2.36. The molecule has 0 saturated heterocycles. The number of methoxy groups -OCH3 is 1. The Morgan fingerprint density at radius 3 is 2.43 bits per heavy atom. The third-order valence-electron chi connectivity index (χ3n) is 2.31. The van der Waals surface area contributed by atoms with Crippen LogP contribution in [0.15, 0.2) is 11.0 Å². The first kappa shape index (κ1) is 18.4.